The molecule has 2 N–H and O–H groups in total. The summed E-state index contributed by atoms with van der Waals surface area (Å²) in [4.78, 5) is 0. The van der Waals surface area contributed by atoms with E-state index < -0.39 is 10.0 Å². The number of nitrogens with one attached hydrogen (secondary N) is 1. The lowest BCUT2D eigenvalue weighted by Gasteiger charge is -2.28. The van der Waals surface area contributed by atoms with Crippen LogP contribution in [0.15, 0.2) is 60.7 Å². The summed E-state index contributed by atoms with van der Waals surface area (Å²) in [7, 11) is -3.22. The molecule has 1 aliphatic heterocycles. The standard InChI is InChI=1S/C24H23N3O3S/c1-31(29,30)27-12-11-22-19(15-27)3-2-4-24(22)26-21-10-9-20(16-28)23(13-21)18-7-5-17(14-25)6-8-18/h2-10,13,26,28H,11-12,15-16H2,1H3. The van der Waals surface area contributed by atoms with Gasteiger partial charge in [-0.25, -0.2) is 8.42 Å². The predicted molar refractivity (Wildman–Crippen MR) is 121 cm³/mol. The number of fused-ring (bicyclic) bond motifs is 1. The van der Waals surface area contributed by atoms with Crippen LogP contribution in [0.2, 0.25) is 0 Å². The normalized spacial score (nSPS) is 14.0. The van der Waals surface area contributed by atoms with Crippen molar-refractivity contribution in [1.82, 2.24) is 4.31 Å². The molecule has 0 spiro atoms. The van der Waals surface area contributed by atoms with Crippen molar-refractivity contribution >= 4 is 21.4 Å². The number of hydrogen-bond acceptors (Lipinski definition) is 5. The molecule has 3 aromatic rings. The maximum absolute atomic E-state index is 11.9. The van der Waals surface area contributed by atoms with Crippen molar-refractivity contribution < 1.29 is 13.5 Å². The Balaban J connectivity index is 1.66. The number of nitrogens with zero attached hydrogens (tertiary/aromatic N) is 2. The van der Waals surface area contributed by atoms with Crippen molar-refractivity contribution in [2.45, 2.75) is 19.6 Å². The topological polar surface area (TPSA) is 93.4 Å². The number of hydrogen-bond donors (Lipinski definition) is 2. The Bertz CT molecular complexity index is 1260. The second-order valence-electron chi connectivity index (χ2n) is 7.63. The zero-order valence-electron chi connectivity index (χ0n) is 17.2. The Hall–Kier alpha value is -3.18. The van der Waals surface area contributed by atoms with Crippen LogP contribution in [0.5, 0.6) is 0 Å². The van der Waals surface area contributed by atoms with Crippen molar-refractivity contribution in [3.63, 3.8) is 0 Å². The smallest absolute Gasteiger partial charge is 0.211 e. The van der Waals surface area contributed by atoms with Crippen LogP contribution >= 0.6 is 0 Å². The molecule has 3 aromatic carbocycles. The van der Waals surface area contributed by atoms with Crippen molar-refractivity contribution in [2.75, 3.05) is 18.1 Å². The first-order chi connectivity index (χ1) is 14.9. The van der Waals surface area contributed by atoms with Crippen molar-refractivity contribution in [3.05, 3.63) is 82.9 Å². The van der Waals surface area contributed by atoms with Gasteiger partial charge >= 0.3 is 0 Å². The fourth-order valence-electron chi connectivity index (χ4n) is 3.92. The highest BCUT2D eigenvalue weighted by molar-refractivity contribution is 7.88. The summed E-state index contributed by atoms with van der Waals surface area (Å²) in [6.07, 6.45) is 1.89. The summed E-state index contributed by atoms with van der Waals surface area (Å²) in [5.74, 6) is 0. The van der Waals surface area contributed by atoms with Crippen LogP contribution in [-0.4, -0.2) is 30.6 Å². The molecular weight excluding hydrogens is 410 g/mol. The first-order valence-corrected chi connectivity index (χ1v) is 11.8. The molecule has 1 heterocycles. The third-order valence-corrected chi connectivity index (χ3v) is 6.83. The molecule has 0 radical (unpaired) electrons. The molecule has 0 saturated carbocycles. The van der Waals surface area contributed by atoms with Crippen LogP contribution in [-0.2, 0) is 29.6 Å². The van der Waals surface area contributed by atoms with Crippen LogP contribution in [0.1, 0.15) is 22.3 Å². The zero-order valence-corrected chi connectivity index (χ0v) is 18.0. The number of benzene rings is 3. The minimum absolute atomic E-state index is 0.0856. The van der Waals surface area contributed by atoms with Gasteiger partial charge in [0.2, 0.25) is 10.0 Å². The van der Waals surface area contributed by atoms with E-state index in [9.17, 15) is 13.5 Å². The minimum Gasteiger partial charge on any atom is -0.392 e. The van der Waals surface area contributed by atoms with Crippen LogP contribution in [0.4, 0.5) is 11.4 Å². The van der Waals surface area contributed by atoms with Gasteiger partial charge in [-0.2, -0.15) is 9.57 Å². The Kier molecular flexibility index (Phi) is 5.79. The minimum atomic E-state index is -3.22. The van der Waals surface area contributed by atoms with E-state index >= 15 is 0 Å². The molecule has 7 heteroatoms. The fraction of sp³-hybridized carbons (Fsp3) is 0.208. The van der Waals surface area contributed by atoms with Gasteiger partial charge in [0.25, 0.3) is 0 Å². The third kappa shape index (κ3) is 4.47. The maximum atomic E-state index is 11.9. The summed E-state index contributed by atoms with van der Waals surface area (Å²) >= 11 is 0. The second-order valence-corrected chi connectivity index (χ2v) is 9.62. The summed E-state index contributed by atoms with van der Waals surface area (Å²) < 4.78 is 25.3. The molecule has 31 heavy (non-hydrogen) atoms. The molecule has 6 nitrogen and oxygen atoms in total. The van der Waals surface area contributed by atoms with Gasteiger partial charge in [-0.3, -0.25) is 0 Å². The lowest BCUT2D eigenvalue weighted by atomic mass is 9.97. The van der Waals surface area contributed by atoms with E-state index in [1.807, 2.05) is 48.5 Å². The number of aliphatic hydroxyl groups excluding tert-OH is 1. The summed E-state index contributed by atoms with van der Waals surface area (Å²) in [6.45, 7) is 0.756. The van der Waals surface area contributed by atoms with Gasteiger partial charge in [-0.15, -0.1) is 0 Å². The summed E-state index contributed by atoms with van der Waals surface area (Å²) in [5, 5.41) is 22.3. The van der Waals surface area contributed by atoms with E-state index in [0.717, 1.165) is 39.2 Å². The molecule has 0 saturated heterocycles. The van der Waals surface area contributed by atoms with Gasteiger partial charge in [-0.1, -0.05) is 30.3 Å². The van der Waals surface area contributed by atoms with E-state index in [2.05, 4.69) is 11.4 Å². The molecule has 0 amide bonds. The molecular formula is C24H23N3O3S. The molecule has 0 aliphatic carbocycles. The van der Waals surface area contributed by atoms with Crippen LogP contribution < -0.4 is 5.32 Å². The second kappa shape index (κ2) is 8.52. The van der Waals surface area contributed by atoms with Gasteiger partial charge in [0.05, 0.1) is 24.5 Å². The Labute approximate surface area is 182 Å². The van der Waals surface area contributed by atoms with E-state index in [1.54, 1.807) is 12.1 Å². The first kappa shape index (κ1) is 21.1. The summed E-state index contributed by atoms with van der Waals surface area (Å²) in [6, 6.07) is 21.1. The van der Waals surface area contributed by atoms with Crippen molar-refractivity contribution in [3.8, 4) is 17.2 Å². The third-order valence-electron chi connectivity index (χ3n) is 5.58. The maximum Gasteiger partial charge on any atom is 0.211 e. The Morgan fingerprint density at radius 3 is 2.58 bits per heavy atom. The highest BCUT2D eigenvalue weighted by Crippen LogP contribution is 2.32. The van der Waals surface area contributed by atoms with Gasteiger partial charge < -0.3 is 10.4 Å². The van der Waals surface area contributed by atoms with E-state index in [0.29, 0.717) is 25.1 Å². The number of sulfonamides is 1. The van der Waals surface area contributed by atoms with E-state index in [1.165, 1.54) is 10.6 Å². The molecule has 158 valence electrons. The van der Waals surface area contributed by atoms with Crippen LogP contribution in [0, 0.1) is 11.3 Å². The average Bonchev–Trinajstić information content (AvgIpc) is 2.78. The molecule has 0 bridgehead atoms. The fourth-order valence-corrected chi connectivity index (χ4v) is 4.72. The van der Waals surface area contributed by atoms with Crippen molar-refractivity contribution in [1.29, 1.82) is 5.26 Å². The largest absolute Gasteiger partial charge is 0.392 e. The molecule has 4 rings (SSSR count). The molecule has 0 atom stereocenters. The number of rotatable bonds is 5. The molecule has 0 aromatic heterocycles. The van der Waals surface area contributed by atoms with E-state index in [4.69, 9.17) is 5.26 Å². The number of anilines is 2. The lowest BCUT2D eigenvalue weighted by Crippen LogP contribution is -2.35. The average molecular weight is 434 g/mol. The van der Waals surface area contributed by atoms with Crippen molar-refractivity contribution in [2.24, 2.45) is 0 Å². The van der Waals surface area contributed by atoms with Gasteiger partial charge in [0.1, 0.15) is 0 Å². The summed E-state index contributed by atoms with van der Waals surface area (Å²) in [5.41, 5.74) is 7.14. The van der Waals surface area contributed by atoms with Gasteiger partial charge in [0, 0.05) is 24.5 Å². The molecule has 0 fully saturated rings. The van der Waals surface area contributed by atoms with Gasteiger partial charge in [0.15, 0.2) is 0 Å². The lowest BCUT2D eigenvalue weighted by molar-refractivity contribution is 0.282. The van der Waals surface area contributed by atoms with Crippen LogP contribution in [0.25, 0.3) is 11.1 Å². The molecule has 1 aliphatic rings. The quantitative estimate of drug-likeness (QED) is 0.639. The van der Waals surface area contributed by atoms with Gasteiger partial charge in [-0.05, 0) is 64.6 Å². The highest BCUT2D eigenvalue weighted by Gasteiger charge is 2.24. The predicted octanol–water partition coefficient (Wildman–Crippen LogP) is 3.78. The number of aliphatic hydroxyl groups is 1. The monoisotopic (exact) mass is 433 g/mol. The highest BCUT2D eigenvalue weighted by atomic mass is 32.2. The van der Waals surface area contributed by atoms with Crippen LogP contribution in [0.3, 0.4) is 0 Å². The number of nitriles is 1. The first-order valence-electron chi connectivity index (χ1n) is 9.96. The molecule has 0 unspecified atom stereocenters. The Morgan fingerprint density at radius 2 is 1.90 bits per heavy atom. The zero-order chi connectivity index (χ0) is 22.0. The SMILES string of the molecule is CS(=O)(=O)N1CCc2c(cccc2Nc2ccc(CO)c(-c3ccc(C#N)cc3)c2)C1. The van der Waals surface area contributed by atoms with E-state index in [-0.39, 0.29) is 6.61 Å². The Morgan fingerprint density at radius 1 is 1.13 bits per heavy atom.